The molecule has 0 aromatic carbocycles. The molecule has 6 heteroatoms. The van der Waals surface area contributed by atoms with Crippen LogP contribution < -0.4 is 0 Å². The van der Waals surface area contributed by atoms with Gasteiger partial charge < -0.3 is 9.88 Å². The van der Waals surface area contributed by atoms with E-state index in [0.717, 1.165) is 44.2 Å². The molecule has 3 heterocycles. The Morgan fingerprint density at radius 3 is 2.73 bits per heavy atom. The average Bonchev–Trinajstić information content (AvgIpc) is 3.10. The standard InChI is InChI=1S/C16H24N6/c1-12-17-6-13(7-18-12)9-22-5-4-14(10-22)16-19-8-15(20-16)11-21(2)3/h6-8,14H,4-5,9-11H2,1-3H3,(H,19,20)/t14-/m1/s1. The number of nitrogens with zero attached hydrogens (tertiary/aromatic N) is 5. The second kappa shape index (κ2) is 6.54. The summed E-state index contributed by atoms with van der Waals surface area (Å²) in [5.41, 5.74) is 2.37. The van der Waals surface area contributed by atoms with Crippen LogP contribution in [-0.2, 0) is 13.1 Å². The van der Waals surface area contributed by atoms with Crippen LogP contribution in [0.5, 0.6) is 0 Å². The van der Waals surface area contributed by atoms with Gasteiger partial charge in [-0.1, -0.05) is 0 Å². The van der Waals surface area contributed by atoms with E-state index in [0.29, 0.717) is 5.92 Å². The minimum absolute atomic E-state index is 0.502. The molecular formula is C16H24N6. The first kappa shape index (κ1) is 15.1. The van der Waals surface area contributed by atoms with Gasteiger partial charge in [-0.15, -0.1) is 0 Å². The fraction of sp³-hybridized carbons (Fsp3) is 0.562. The third kappa shape index (κ3) is 3.69. The SMILES string of the molecule is Cc1ncc(CN2CC[C@@H](c3ncc(CN(C)C)[nH]3)C2)cn1. The van der Waals surface area contributed by atoms with E-state index in [9.17, 15) is 0 Å². The minimum Gasteiger partial charge on any atom is -0.345 e. The maximum absolute atomic E-state index is 4.57. The van der Waals surface area contributed by atoms with Gasteiger partial charge in [-0.25, -0.2) is 15.0 Å². The molecule has 1 saturated heterocycles. The summed E-state index contributed by atoms with van der Waals surface area (Å²) in [5.74, 6) is 2.45. The van der Waals surface area contributed by atoms with Gasteiger partial charge >= 0.3 is 0 Å². The number of imidazole rings is 1. The lowest BCUT2D eigenvalue weighted by Gasteiger charge is -2.15. The predicted octanol–water partition coefficient (Wildman–Crippen LogP) is 1.56. The molecule has 2 aromatic rings. The predicted molar refractivity (Wildman–Crippen MR) is 85.4 cm³/mol. The van der Waals surface area contributed by atoms with Crippen LogP contribution in [0, 0.1) is 6.92 Å². The Hall–Kier alpha value is -1.79. The molecule has 0 aliphatic carbocycles. The highest BCUT2D eigenvalue weighted by atomic mass is 15.2. The molecule has 0 unspecified atom stereocenters. The van der Waals surface area contributed by atoms with Crippen molar-refractivity contribution in [3.8, 4) is 0 Å². The normalized spacial score (nSPS) is 19.2. The van der Waals surface area contributed by atoms with Gasteiger partial charge in [0.1, 0.15) is 11.6 Å². The maximum Gasteiger partial charge on any atom is 0.125 e. The first-order chi connectivity index (χ1) is 10.6. The van der Waals surface area contributed by atoms with E-state index in [1.165, 1.54) is 11.3 Å². The number of nitrogens with one attached hydrogen (secondary N) is 1. The first-order valence-electron chi connectivity index (χ1n) is 7.78. The number of hydrogen-bond donors (Lipinski definition) is 1. The van der Waals surface area contributed by atoms with E-state index < -0.39 is 0 Å². The van der Waals surface area contributed by atoms with Crippen molar-refractivity contribution in [2.75, 3.05) is 27.2 Å². The summed E-state index contributed by atoms with van der Waals surface area (Å²) in [7, 11) is 4.14. The van der Waals surface area contributed by atoms with Crippen LogP contribution in [0.4, 0.5) is 0 Å². The van der Waals surface area contributed by atoms with Crippen LogP contribution in [0.25, 0.3) is 0 Å². The summed E-state index contributed by atoms with van der Waals surface area (Å²) >= 11 is 0. The molecular weight excluding hydrogens is 276 g/mol. The zero-order valence-electron chi connectivity index (χ0n) is 13.6. The molecule has 1 N–H and O–H groups in total. The smallest absolute Gasteiger partial charge is 0.125 e. The van der Waals surface area contributed by atoms with Crippen molar-refractivity contribution in [2.45, 2.75) is 32.4 Å². The van der Waals surface area contributed by atoms with E-state index >= 15 is 0 Å². The Kier molecular flexibility index (Phi) is 4.49. The Bertz CT molecular complexity index is 603. The zero-order valence-corrected chi connectivity index (χ0v) is 13.6. The van der Waals surface area contributed by atoms with Crippen LogP contribution in [0.15, 0.2) is 18.6 Å². The molecule has 1 fully saturated rings. The van der Waals surface area contributed by atoms with Crippen molar-refractivity contribution in [3.63, 3.8) is 0 Å². The molecule has 0 spiro atoms. The van der Waals surface area contributed by atoms with Crippen molar-refractivity contribution in [1.29, 1.82) is 0 Å². The second-order valence-electron chi connectivity index (χ2n) is 6.39. The lowest BCUT2D eigenvalue weighted by molar-refractivity contribution is 0.325. The molecule has 0 amide bonds. The Labute approximate surface area is 131 Å². The summed E-state index contributed by atoms with van der Waals surface area (Å²) in [4.78, 5) is 21.2. The number of aromatic amines is 1. The summed E-state index contributed by atoms with van der Waals surface area (Å²) in [6.07, 6.45) is 6.98. The van der Waals surface area contributed by atoms with Crippen LogP contribution in [0.1, 0.15) is 35.2 Å². The zero-order chi connectivity index (χ0) is 15.5. The van der Waals surface area contributed by atoms with Gasteiger partial charge in [0.2, 0.25) is 0 Å². The van der Waals surface area contributed by atoms with Crippen LogP contribution in [0.2, 0.25) is 0 Å². The van der Waals surface area contributed by atoms with E-state index in [4.69, 9.17) is 0 Å². The van der Waals surface area contributed by atoms with Gasteiger partial charge in [-0.3, -0.25) is 4.90 Å². The molecule has 22 heavy (non-hydrogen) atoms. The van der Waals surface area contributed by atoms with E-state index in [-0.39, 0.29) is 0 Å². The van der Waals surface area contributed by atoms with E-state index in [1.807, 2.05) is 25.5 Å². The molecule has 1 atom stereocenters. The van der Waals surface area contributed by atoms with Crippen LogP contribution in [-0.4, -0.2) is 56.9 Å². The van der Waals surface area contributed by atoms with Crippen molar-refractivity contribution >= 4 is 0 Å². The van der Waals surface area contributed by atoms with Crippen molar-refractivity contribution in [3.05, 3.63) is 41.5 Å². The number of likely N-dealkylation sites (tertiary alicyclic amines) is 1. The highest BCUT2D eigenvalue weighted by molar-refractivity contribution is 5.10. The molecule has 0 radical (unpaired) electrons. The summed E-state index contributed by atoms with van der Waals surface area (Å²) < 4.78 is 0. The lowest BCUT2D eigenvalue weighted by atomic mass is 10.1. The van der Waals surface area contributed by atoms with Crippen molar-refractivity contribution in [1.82, 2.24) is 29.7 Å². The van der Waals surface area contributed by atoms with Crippen LogP contribution in [0.3, 0.4) is 0 Å². The minimum atomic E-state index is 0.502. The van der Waals surface area contributed by atoms with E-state index in [2.05, 4.69) is 43.8 Å². The highest BCUT2D eigenvalue weighted by Crippen LogP contribution is 2.26. The number of H-pyrrole nitrogens is 1. The lowest BCUT2D eigenvalue weighted by Crippen LogP contribution is -2.20. The number of aryl methyl sites for hydroxylation is 1. The third-order valence-electron chi connectivity index (χ3n) is 4.03. The molecule has 6 nitrogen and oxygen atoms in total. The van der Waals surface area contributed by atoms with E-state index in [1.54, 1.807) is 0 Å². The molecule has 0 saturated carbocycles. The molecule has 118 valence electrons. The molecule has 2 aromatic heterocycles. The van der Waals surface area contributed by atoms with Crippen molar-refractivity contribution < 1.29 is 0 Å². The van der Waals surface area contributed by atoms with Gasteiger partial charge in [0.05, 0.1) is 0 Å². The summed E-state index contributed by atoms with van der Waals surface area (Å²) in [6, 6.07) is 0. The molecule has 1 aliphatic heterocycles. The second-order valence-corrected chi connectivity index (χ2v) is 6.39. The highest BCUT2D eigenvalue weighted by Gasteiger charge is 2.26. The van der Waals surface area contributed by atoms with Gasteiger partial charge in [0.15, 0.2) is 0 Å². The Balaban J connectivity index is 1.57. The first-order valence-corrected chi connectivity index (χ1v) is 7.78. The molecule has 1 aliphatic rings. The number of aromatic nitrogens is 4. The van der Waals surface area contributed by atoms with Gasteiger partial charge in [0.25, 0.3) is 0 Å². The Morgan fingerprint density at radius 1 is 1.23 bits per heavy atom. The topological polar surface area (TPSA) is 60.9 Å². The fourth-order valence-electron chi connectivity index (χ4n) is 2.96. The van der Waals surface area contributed by atoms with Gasteiger partial charge in [0, 0.05) is 55.4 Å². The van der Waals surface area contributed by atoms with Gasteiger partial charge in [-0.05, 0) is 34.0 Å². The average molecular weight is 300 g/mol. The monoisotopic (exact) mass is 300 g/mol. The number of hydrogen-bond acceptors (Lipinski definition) is 5. The number of rotatable bonds is 5. The maximum atomic E-state index is 4.57. The summed E-state index contributed by atoms with van der Waals surface area (Å²) in [5, 5.41) is 0. The largest absolute Gasteiger partial charge is 0.345 e. The summed E-state index contributed by atoms with van der Waals surface area (Å²) in [6.45, 7) is 5.88. The van der Waals surface area contributed by atoms with Crippen LogP contribution >= 0.6 is 0 Å². The molecule has 3 rings (SSSR count). The quantitative estimate of drug-likeness (QED) is 0.908. The third-order valence-corrected chi connectivity index (χ3v) is 4.03. The van der Waals surface area contributed by atoms with Gasteiger partial charge in [-0.2, -0.15) is 0 Å². The fourth-order valence-corrected chi connectivity index (χ4v) is 2.96. The van der Waals surface area contributed by atoms with Crippen molar-refractivity contribution in [2.24, 2.45) is 0 Å². The Morgan fingerprint density at radius 2 is 2.00 bits per heavy atom. The molecule has 0 bridgehead atoms.